The summed E-state index contributed by atoms with van der Waals surface area (Å²) in [6.07, 6.45) is 1.41. The molecule has 0 unspecified atom stereocenters. The number of anilines is 1. The summed E-state index contributed by atoms with van der Waals surface area (Å²) in [5.41, 5.74) is 0.395. The number of halogens is 1. The van der Waals surface area contributed by atoms with Gasteiger partial charge in [0.05, 0.1) is 10.6 Å². The monoisotopic (exact) mass is 340 g/mol. The first-order valence-corrected chi connectivity index (χ1v) is 7.57. The van der Waals surface area contributed by atoms with Crippen LogP contribution in [0, 0.1) is 0 Å². The number of benzene rings is 2. The predicted molar refractivity (Wildman–Crippen MR) is 92.1 cm³/mol. The minimum absolute atomic E-state index is 0.339. The van der Waals surface area contributed by atoms with Crippen LogP contribution < -0.4 is 5.32 Å². The lowest BCUT2D eigenvalue weighted by Crippen LogP contribution is -2.21. The maximum atomic E-state index is 12.1. The Labute approximate surface area is 143 Å². The van der Waals surface area contributed by atoms with Gasteiger partial charge in [0, 0.05) is 6.20 Å². The predicted octanol–water partition coefficient (Wildman–Crippen LogP) is 3.68. The second-order valence-electron chi connectivity index (χ2n) is 5.05. The van der Waals surface area contributed by atoms with E-state index in [-0.39, 0.29) is 0 Å². The van der Waals surface area contributed by atoms with Crippen molar-refractivity contribution in [3.8, 4) is 0 Å². The smallest absolute Gasteiger partial charge is 0.338 e. The fourth-order valence-corrected chi connectivity index (χ4v) is 2.27. The average Bonchev–Trinajstić information content (AvgIpc) is 2.61. The number of hydrogen-bond acceptors (Lipinski definition) is 4. The molecule has 0 radical (unpaired) electrons. The average molecular weight is 341 g/mol. The Morgan fingerprint density at radius 1 is 1.04 bits per heavy atom. The molecule has 1 aromatic heterocycles. The molecule has 0 aliphatic heterocycles. The first kappa shape index (κ1) is 16.0. The Kier molecular flexibility index (Phi) is 4.72. The molecule has 0 fully saturated rings. The molecule has 0 atom stereocenters. The minimum Gasteiger partial charge on any atom is -0.452 e. The van der Waals surface area contributed by atoms with Gasteiger partial charge in [0.15, 0.2) is 6.61 Å². The summed E-state index contributed by atoms with van der Waals surface area (Å²) < 4.78 is 5.03. The number of fused-ring (bicyclic) bond motifs is 1. The number of nitrogens with one attached hydrogen (secondary N) is 1. The molecule has 1 heterocycles. The molecule has 0 saturated heterocycles. The standard InChI is InChI=1S/C18H13ClN2O3/c19-15-7-8-16(20-10-15)21-17(22)11-24-18(23)14-6-5-12-3-1-2-4-13(12)9-14/h1-10H,11H2,(H,20,21,22). The van der Waals surface area contributed by atoms with Gasteiger partial charge in [0.25, 0.3) is 5.91 Å². The maximum absolute atomic E-state index is 12.1. The van der Waals surface area contributed by atoms with Crippen molar-refractivity contribution < 1.29 is 14.3 Å². The van der Waals surface area contributed by atoms with Crippen molar-refractivity contribution in [3.05, 3.63) is 71.4 Å². The maximum Gasteiger partial charge on any atom is 0.338 e. The molecule has 2 aromatic carbocycles. The number of pyridine rings is 1. The van der Waals surface area contributed by atoms with Crippen LogP contribution in [0.5, 0.6) is 0 Å². The van der Waals surface area contributed by atoms with E-state index in [1.165, 1.54) is 6.20 Å². The zero-order valence-electron chi connectivity index (χ0n) is 12.5. The Morgan fingerprint density at radius 3 is 2.58 bits per heavy atom. The largest absolute Gasteiger partial charge is 0.452 e. The number of aromatic nitrogens is 1. The summed E-state index contributed by atoms with van der Waals surface area (Å²) in [5, 5.41) is 4.95. The molecule has 120 valence electrons. The highest BCUT2D eigenvalue weighted by Gasteiger charge is 2.11. The lowest BCUT2D eigenvalue weighted by atomic mass is 10.1. The van der Waals surface area contributed by atoms with E-state index in [0.29, 0.717) is 16.4 Å². The summed E-state index contributed by atoms with van der Waals surface area (Å²) in [6.45, 7) is -0.393. The van der Waals surface area contributed by atoms with E-state index in [9.17, 15) is 9.59 Å². The number of hydrogen-bond donors (Lipinski definition) is 1. The van der Waals surface area contributed by atoms with Crippen LogP contribution >= 0.6 is 11.6 Å². The molecule has 0 spiro atoms. The van der Waals surface area contributed by atoms with Gasteiger partial charge in [-0.1, -0.05) is 41.9 Å². The Morgan fingerprint density at radius 2 is 1.83 bits per heavy atom. The van der Waals surface area contributed by atoms with Crippen LogP contribution in [-0.4, -0.2) is 23.5 Å². The fourth-order valence-electron chi connectivity index (χ4n) is 2.16. The van der Waals surface area contributed by atoms with Gasteiger partial charge in [-0.25, -0.2) is 9.78 Å². The van der Waals surface area contributed by atoms with Crippen LogP contribution in [-0.2, 0) is 9.53 Å². The van der Waals surface area contributed by atoms with E-state index in [1.807, 2.05) is 30.3 Å². The number of carbonyl (C=O) groups is 2. The molecule has 1 amide bonds. The van der Waals surface area contributed by atoms with Crippen LogP contribution in [0.3, 0.4) is 0 Å². The summed E-state index contributed by atoms with van der Waals surface area (Å²) in [5.74, 6) is -0.690. The van der Waals surface area contributed by atoms with Crippen molar-refractivity contribution in [2.75, 3.05) is 11.9 Å². The molecular weight excluding hydrogens is 328 g/mol. The van der Waals surface area contributed by atoms with Crippen LogP contribution in [0.25, 0.3) is 10.8 Å². The van der Waals surface area contributed by atoms with Gasteiger partial charge < -0.3 is 10.1 Å². The van der Waals surface area contributed by atoms with Crippen molar-refractivity contribution in [1.82, 2.24) is 4.98 Å². The van der Waals surface area contributed by atoms with Gasteiger partial charge in [-0.2, -0.15) is 0 Å². The number of ether oxygens (including phenoxy) is 1. The molecule has 3 aromatic rings. The van der Waals surface area contributed by atoms with Crippen molar-refractivity contribution in [2.45, 2.75) is 0 Å². The second kappa shape index (κ2) is 7.10. The Bertz CT molecular complexity index is 894. The summed E-state index contributed by atoms with van der Waals surface area (Å²) in [6, 6.07) is 16.1. The quantitative estimate of drug-likeness (QED) is 0.735. The lowest BCUT2D eigenvalue weighted by molar-refractivity contribution is -0.119. The molecule has 1 N–H and O–H groups in total. The van der Waals surface area contributed by atoms with Gasteiger partial charge in [-0.15, -0.1) is 0 Å². The number of esters is 1. The summed E-state index contributed by atoms with van der Waals surface area (Å²) >= 11 is 5.72. The van der Waals surface area contributed by atoms with E-state index < -0.39 is 18.5 Å². The SMILES string of the molecule is O=C(COC(=O)c1ccc2ccccc2c1)Nc1ccc(Cl)cn1. The van der Waals surface area contributed by atoms with Gasteiger partial charge in [-0.3, -0.25) is 4.79 Å². The number of nitrogens with zero attached hydrogens (tertiary/aromatic N) is 1. The van der Waals surface area contributed by atoms with Gasteiger partial charge in [0.2, 0.25) is 0 Å². The molecule has 0 aliphatic carbocycles. The molecule has 0 bridgehead atoms. The number of amides is 1. The highest BCUT2D eigenvalue weighted by atomic mass is 35.5. The van der Waals surface area contributed by atoms with Crippen LogP contribution in [0.4, 0.5) is 5.82 Å². The van der Waals surface area contributed by atoms with Crippen molar-refractivity contribution >= 4 is 40.1 Å². The zero-order chi connectivity index (χ0) is 16.9. The third-order valence-corrected chi connectivity index (χ3v) is 3.54. The zero-order valence-corrected chi connectivity index (χ0v) is 13.3. The van der Waals surface area contributed by atoms with E-state index in [2.05, 4.69) is 10.3 Å². The molecular formula is C18H13ClN2O3. The van der Waals surface area contributed by atoms with Crippen LogP contribution in [0.1, 0.15) is 10.4 Å². The third-order valence-electron chi connectivity index (χ3n) is 3.31. The van der Waals surface area contributed by atoms with Crippen molar-refractivity contribution in [2.24, 2.45) is 0 Å². The normalized spacial score (nSPS) is 10.4. The summed E-state index contributed by atoms with van der Waals surface area (Å²) in [4.78, 5) is 27.8. The second-order valence-corrected chi connectivity index (χ2v) is 5.48. The van der Waals surface area contributed by atoms with Gasteiger partial charge in [0.1, 0.15) is 5.82 Å². The molecule has 5 nitrogen and oxygen atoms in total. The number of rotatable bonds is 4. The van der Waals surface area contributed by atoms with E-state index in [4.69, 9.17) is 16.3 Å². The highest BCUT2D eigenvalue weighted by Crippen LogP contribution is 2.16. The highest BCUT2D eigenvalue weighted by molar-refractivity contribution is 6.30. The fraction of sp³-hybridized carbons (Fsp3) is 0.0556. The Hall–Kier alpha value is -2.92. The molecule has 0 saturated carbocycles. The first-order valence-electron chi connectivity index (χ1n) is 7.19. The third kappa shape index (κ3) is 3.88. The van der Waals surface area contributed by atoms with Gasteiger partial charge >= 0.3 is 5.97 Å². The van der Waals surface area contributed by atoms with Gasteiger partial charge in [-0.05, 0) is 35.0 Å². The van der Waals surface area contributed by atoms with E-state index in [1.54, 1.807) is 24.3 Å². The molecule has 24 heavy (non-hydrogen) atoms. The van der Waals surface area contributed by atoms with Crippen molar-refractivity contribution in [3.63, 3.8) is 0 Å². The molecule has 6 heteroatoms. The lowest BCUT2D eigenvalue weighted by Gasteiger charge is -2.07. The topological polar surface area (TPSA) is 68.3 Å². The molecule has 0 aliphatic rings. The molecule has 3 rings (SSSR count). The van der Waals surface area contributed by atoms with E-state index >= 15 is 0 Å². The van der Waals surface area contributed by atoms with Crippen LogP contribution in [0.2, 0.25) is 5.02 Å². The summed E-state index contributed by atoms with van der Waals surface area (Å²) in [7, 11) is 0. The van der Waals surface area contributed by atoms with Crippen molar-refractivity contribution in [1.29, 1.82) is 0 Å². The van der Waals surface area contributed by atoms with Crippen LogP contribution in [0.15, 0.2) is 60.8 Å². The number of carbonyl (C=O) groups excluding carboxylic acids is 2. The first-order chi connectivity index (χ1) is 11.6. The Balaban J connectivity index is 1.59. The van der Waals surface area contributed by atoms with E-state index in [0.717, 1.165) is 10.8 Å². The minimum atomic E-state index is -0.556.